The summed E-state index contributed by atoms with van der Waals surface area (Å²) >= 11 is 1.71. The zero-order valence-corrected chi connectivity index (χ0v) is 14.4. The van der Waals surface area contributed by atoms with Gasteiger partial charge in [-0.1, -0.05) is 62.8 Å². The summed E-state index contributed by atoms with van der Waals surface area (Å²) in [4.78, 5) is 18.3. The van der Waals surface area contributed by atoms with Crippen LogP contribution in [0.2, 0.25) is 0 Å². The molecule has 0 N–H and O–H groups in total. The maximum atomic E-state index is 12.5. The Morgan fingerprint density at radius 1 is 1.15 bits per heavy atom. The molecule has 0 atom stereocenters. The van der Waals surface area contributed by atoms with Crippen LogP contribution in [0.5, 0.6) is 0 Å². The second-order valence-corrected chi connectivity index (χ2v) is 8.91. The Kier molecular flexibility index (Phi) is 6.16. The Morgan fingerprint density at radius 2 is 1.65 bits per heavy atom. The Labute approximate surface area is 129 Å². The molecule has 0 radical (unpaired) electrons. The highest BCUT2D eigenvalue weighted by Crippen LogP contribution is 2.33. The Hall–Kier alpha value is -0.700. The molecule has 0 saturated heterocycles. The third kappa shape index (κ3) is 5.01. The number of ketones is 1. The molecule has 1 rings (SSSR count). The van der Waals surface area contributed by atoms with E-state index in [9.17, 15) is 4.79 Å². The summed E-state index contributed by atoms with van der Waals surface area (Å²) in [6.45, 7) is 16.8. The summed E-state index contributed by atoms with van der Waals surface area (Å²) in [6, 6.07) is 0. The summed E-state index contributed by atoms with van der Waals surface area (Å²) in [5.74, 6) is 0.514. The highest BCUT2D eigenvalue weighted by Gasteiger charge is 2.30. The van der Waals surface area contributed by atoms with Crippen LogP contribution in [-0.4, -0.2) is 10.8 Å². The normalized spacial score (nSPS) is 12.4. The van der Waals surface area contributed by atoms with Gasteiger partial charge in [-0.2, -0.15) is 0 Å². The van der Waals surface area contributed by atoms with E-state index < -0.39 is 0 Å². The number of rotatable bonds is 3. The van der Waals surface area contributed by atoms with E-state index in [-0.39, 0.29) is 24.0 Å². The van der Waals surface area contributed by atoms with Crippen molar-refractivity contribution in [3.05, 3.63) is 15.6 Å². The lowest BCUT2D eigenvalue weighted by atomic mass is 9.87. The number of carbonyl (C=O) groups excluding carboxylic acids is 1. The minimum Gasteiger partial charge on any atom is -0.292 e. The lowest BCUT2D eigenvalue weighted by molar-refractivity contribution is 0.0852. The molecule has 0 aliphatic carbocycles. The van der Waals surface area contributed by atoms with Gasteiger partial charge in [0.15, 0.2) is 5.78 Å². The summed E-state index contributed by atoms with van der Waals surface area (Å²) < 4.78 is 0. The van der Waals surface area contributed by atoms with Crippen molar-refractivity contribution >= 4 is 17.1 Å². The summed E-state index contributed by atoms with van der Waals surface area (Å²) in [7, 11) is 0. The van der Waals surface area contributed by atoms with Crippen LogP contribution in [0.1, 0.15) is 89.1 Å². The van der Waals surface area contributed by atoms with Gasteiger partial charge in [-0.15, -0.1) is 11.3 Å². The number of hydrogen-bond donors (Lipinski definition) is 0. The Morgan fingerprint density at radius 3 is 2.00 bits per heavy atom. The van der Waals surface area contributed by atoms with E-state index in [2.05, 4.69) is 39.6 Å². The molecule has 0 fully saturated rings. The largest absolute Gasteiger partial charge is 0.292 e. The van der Waals surface area contributed by atoms with E-state index in [1.807, 2.05) is 20.8 Å². The Balaban J connectivity index is 0.00000361. The van der Waals surface area contributed by atoms with Gasteiger partial charge in [0.1, 0.15) is 5.69 Å². The summed E-state index contributed by atoms with van der Waals surface area (Å²) in [6.07, 6.45) is 0.925. The van der Waals surface area contributed by atoms with Crippen molar-refractivity contribution in [1.82, 2.24) is 4.98 Å². The standard InChI is InChI=1S/C16H27NOS.CH4/c1-10(2)13-12(14(18)16(6,7)8)17-11(19-13)9-15(3,4)5;/h10H,9H2,1-8H3;1H4. The fraction of sp³-hybridized carbons (Fsp3) is 0.765. The molecule has 0 amide bonds. The third-order valence-corrected chi connectivity index (χ3v) is 4.16. The highest BCUT2D eigenvalue weighted by molar-refractivity contribution is 7.12. The van der Waals surface area contributed by atoms with Gasteiger partial charge < -0.3 is 0 Å². The zero-order valence-electron chi connectivity index (χ0n) is 13.5. The van der Waals surface area contributed by atoms with Gasteiger partial charge in [0.2, 0.25) is 0 Å². The van der Waals surface area contributed by atoms with Crippen molar-refractivity contribution in [2.24, 2.45) is 10.8 Å². The Bertz CT molecular complexity index is 458. The first kappa shape index (κ1) is 19.3. The number of Topliss-reactive ketones (excluding diaryl/α,β-unsaturated/α-hetero) is 1. The molecule has 116 valence electrons. The van der Waals surface area contributed by atoms with Crippen LogP contribution in [-0.2, 0) is 6.42 Å². The van der Waals surface area contributed by atoms with Crippen molar-refractivity contribution in [2.75, 3.05) is 0 Å². The zero-order chi connectivity index (χ0) is 15.0. The van der Waals surface area contributed by atoms with Crippen LogP contribution in [0.15, 0.2) is 0 Å². The second kappa shape index (κ2) is 6.38. The minimum absolute atomic E-state index is 0. The molecule has 0 unspecified atom stereocenters. The van der Waals surface area contributed by atoms with E-state index in [4.69, 9.17) is 0 Å². The third-order valence-electron chi connectivity index (χ3n) is 2.80. The van der Waals surface area contributed by atoms with Gasteiger partial charge in [0, 0.05) is 16.7 Å². The lowest BCUT2D eigenvalue weighted by Gasteiger charge is -2.16. The topological polar surface area (TPSA) is 30.0 Å². The van der Waals surface area contributed by atoms with Crippen molar-refractivity contribution in [1.29, 1.82) is 0 Å². The molecule has 2 nitrogen and oxygen atoms in total. The first-order valence-electron chi connectivity index (χ1n) is 6.96. The quantitative estimate of drug-likeness (QED) is 0.668. The van der Waals surface area contributed by atoms with E-state index in [0.717, 1.165) is 16.3 Å². The van der Waals surface area contributed by atoms with E-state index >= 15 is 0 Å². The first-order valence-corrected chi connectivity index (χ1v) is 7.78. The SMILES string of the molecule is C.CC(C)c1sc(CC(C)(C)C)nc1C(=O)C(C)(C)C. The number of nitrogens with zero attached hydrogens (tertiary/aromatic N) is 1. The van der Waals surface area contributed by atoms with Crippen LogP contribution in [0.4, 0.5) is 0 Å². The maximum absolute atomic E-state index is 12.5. The summed E-state index contributed by atoms with van der Waals surface area (Å²) in [5, 5.41) is 1.09. The molecule has 0 aliphatic heterocycles. The average Bonchev–Trinajstić information content (AvgIpc) is 2.56. The molecule has 0 saturated carbocycles. The molecular weight excluding hydrogens is 266 g/mol. The monoisotopic (exact) mass is 297 g/mol. The van der Waals surface area contributed by atoms with Crippen LogP contribution in [0, 0.1) is 10.8 Å². The minimum atomic E-state index is -0.364. The van der Waals surface area contributed by atoms with E-state index in [0.29, 0.717) is 11.6 Å². The van der Waals surface area contributed by atoms with Crippen LogP contribution in [0.3, 0.4) is 0 Å². The van der Waals surface area contributed by atoms with Gasteiger partial charge in [-0.25, -0.2) is 4.98 Å². The summed E-state index contributed by atoms with van der Waals surface area (Å²) in [5.41, 5.74) is 0.539. The molecule has 0 aromatic carbocycles. The highest BCUT2D eigenvalue weighted by atomic mass is 32.1. The van der Waals surface area contributed by atoms with Gasteiger partial charge in [0.25, 0.3) is 0 Å². The molecule has 1 heterocycles. The van der Waals surface area contributed by atoms with Crippen LogP contribution < -0.4 is 0 Å². The molecule has 1 aromatic rings. The van der Waals surface area contributed by atoms with Gasteiger partial charge >= 0.3 is 0 Å². The maximum Gasteiger partial charge on any atom is 0.187 e. The first-order chi connectivity index (χ1) is 8.42. The van der Waals surface area contributed by atoms with Crippen LogP contribution in [0.25, 0.3) is 0 Å². The smallest absolute Gasteiger partial charge is 0.187 e. The van der Waals surface area contributed by atoms with E-state index in [1.165, 1.54) is 0 Å². The number of carbonyl (C=O) groups is 1. The lowest BCUT2D eigenvalue weighted by Crippen LogP contribution is -2.22. The second-order valence-electron chi connectivity index (χ2n) is 7.79. The fourth-order valence-corrected chi connectivity index (χ4v) is 3.18. The molecule has 0 spiro atoms. The van der Waals surface area contributed by atoms with Crippen molar-refractivity contribution in [2.45, 2.75) is 75.2 Å². The average molecular weight is 298 g/mol. The molecular formula is C17H31NOS. The number of aromatic nitrogens is 1. The van der Waals surface area contributed by atoms with Gasteiger partial charge in [-0.3, -0.25) is 4.79 Å². The molecule has 1 aromatic heterocycles. The predicted molar refractivity (Wildman–Crippen MR) is 89.9 cm³/mol. The molecule has 0 aliphatic rings. The number of thiazole rings is 1. The molecule has 3 heteroatoms. The van der Waals surface area contributed by atoms with Crippen molar-refractivity contribution in [3.8, 4) is 0 Å². The van der Waals surface area contributed by atoms with Crippen LogP contribution >= 0.6 is 11.3 Å². The van der Waals surface area contributed by atoms with Gasteiger partial charge in [-0.05, 0) is 11.3 Å². The van der Waals surface area contributed by atoms with E-state index in [1.54, 1.807) is 11.3 Å². The predicted octanol–water partition coefficient (Wildman–Crippen LogP) is 5.72. The fourth-order valence-electron chi connectivity index (χ4n) is 1.82. The molecule has 20 heavy (non-hydrogen) atoms. The van der Waals surface area contributed by atoms with Crippen molar-refractivity contribution < 1.29 is 4.79 Å². The molecule has 0 bridgehead atoms. The number of hydrogen-bond acceptors (Lipinski definition) is 3. The van der Waals surface area contributed by atoms with Crippen molar-refractivity contribution in [3.63, 3.8) is 0 Å². The van der Waals surface area contributed by atoms with Gasteiger partial charge in [0.05, 0.1) is 5.01 Å².